The fourth-order valence-corrected chi connectivity index (χ4v) is 1.83. The third-order valence-corrected chi connectivity index (χ3v) is 2.84. The molecule has 17 heavy (non-hydrogen) atoms. The summed E-state index contributed by atoms with van der Waals surface area (Å²) in [5.41, 5.74) is 3.07. The predicted molar refractivity (Wildman–Crippen MR) is 69.2 cm³/mol. The van der Waals surface area contributed by atoms with Crippen LogP contribution in [0.15, 0.2) is 24.5 Å². The molecule has 5 heteroatoms. The molecule has 0 spiro atoms. The predicted octanol–water partition coefficient (Wildman–Crippen LogP) is 2.87. The number of aromatic nitrogens is 3. The molecule has 0 aromatic carbocycles. The van der Waals surface area contributed by atoms with Gasteiger partial charge in [-0.3, -0.25) is 4.68 Å². The van der Waals surface area contributed by atoms with Crippen molar-refractivity contribution in [3.05, 3.63) is 40.9 Å². The summed E-state index contributed by atoms with van der Waals surface area (Å²) in [5.74, 6) is 0. The van der Waals surface area contributed by atoms with Crippen molar-refractivity contribution in [1.82, 2.24) is 14.8 Å². The highest BCUT2D eigenvalue weighted by atomic mass is 35.5. The van der Waals surface area contributed by atoms with Gasteiger partial charge in [0.25, 0.3) is 0 Å². The van der Waals surface area contributed by atoms with E-state index >= 15 is 0 Å². The SMILES string of the molecule is CCn1nccc1CNc1cc(C)cnc1Cl. The molecule has 4 nitrogen and oxygen atoms in total. The summed E-state index contributed by atoms with van der Waals surface area (Å²) in [6.45, 7) is 5.62. The number of hydrogen-bond donors (Lipinski definition) is 1. The second kappa shape index (κ2) is 5.19. The minimum Gasteiger partial charge on any atom is -0.377 e. The van der Waals surface area contributed by atoms with E-state index in [1.54, 1.807) is 12.4 Å². The molecule has 0 bridgehead atoms. The molecule has 0 unspecified atom stereocenters. The van der Waals surface area contributed by atoms with Crippen LogP contribution < -0.4 is 5.32 Å². The number of aryl methyl sites for hydroxylation is 2. The summed E-state index contributed by atoms with van der Waals surface area (Å²) < 4.78 is 1.95. The van der Waals surface area contributed by atoms with Gasteiger partial charge < -0.3 is 5.32 Å². The Labute approximate surface area is 106 Å². The maximum absolute atomic E-state index is 6.01. The van der Waals surface area contributed by atoms with Crippen molar-refractivity contribution in [2.45, 2.75) is 26.9 Å². The van der Waals surface area contributed by atoms with Crippen LogP contribution in [0.5, 0.6) is 0 Å². The molecule has 0 atom stereocenters. The Morgan fingerprint density at radius 2 is 2.29 bits per heavy atom. The number of hydrogen-bond acceptors (Lipinski definition) is 3. The number of nitrogens with one attached hydrogen (secondary N) is 1. The van der Waals surface area contributed by atoms with Crippen LogP contribution in [0.1, 0.15) is 18.2 Å². The lowest BCUT2D eigenvalue weighted by Gasteiger charge is -2.09. The van der Waals surface area contributed by atoms with E-state index in [9.17, 15) is 0 Å². The smallest absolute Gasteiger partial charge is 0.152 e. The van der Waals surface area contributed by atoms with Crippen molar-refractivity contribution in [3.63, 3.8) is 0 Å². The number of rotatable bonds is 4. The average molecular weight is 251 g/mol. The van der Waals surface area contributed by atoms with Crippen LogP contribution in [0.2, 0.25) is 5.15 Å². The maximum Gasteiger partial charge on any atom is 0.152 e. The van der Waals surface area contributed by atoms with E-state index in [1.807, 2.05) is 23.7 Å². The largest absolute Gasteiger partial charge is 0.377 e. The molecule has 90 valence electrons. The summed E-state index contributed by atoms with van der Waals surface area (Å²) in [6, 6.07) is 3.98. The molecule has 2 aromatic rings. The molecule has 0 saturated carbocycles. The minimum atomic E-state index is 0.498. The molecule has 0 amide bonds. The van der Waals surface area contributed by atoms with E-state index in [1.165, 1.54) is 0 Å². The van der Waals surface area contributed by atoms with Crippen LogP contribution >= 0.6 is 11.6 Å². The zero-order chi connectivity index (χ0) is 12.3. The highest BCUT2D eigenvalue weighted by Crippen LogP contribution is 2.20. The van der Waals surface area contributed by atoms with Gasteiger partial charge in [-0.25, -0.2) is 4.98 Å². The number of anilines is 1. The zero-order valence-electron chi connectivity index (χ0n) is 9.94. The van der Waals surface area contributed by atoms with Gasteiger partial charge >= 0.3 is 0 Å². The zero-order valence-corrected chi connectivity index (χ0v) is 10.7. The molecular weight excluding hydrogens is 236 g/mol. The molecule has 0 aliphatic carbocycles. The van der Waals surface area contributed by atoms with Gasteiger partial charge in [0.1, 0.15) is 0 Å². The molecule has 1 N–H and O–H groups in total. The second-order valence-electron chi connectivity index (χ2n) is 3.84. The Balaban J connectivity index is 2.09. The summed E-state index contributed by atoms with van der Waals surface area (Å²) >= 11 is 6.01. The third kappa shape index (κ3) is 2.77. The van der Waals surface area contributed by atoms with Gasteiger partial charge in [0.2, 0.25) is 0 Å². The van der Waals surface area contributed by atoms with E-state index in [0.717, 1.165) is 23.5 Å². The molecular formula is C12H15ClN4. The quantitative estimate of drug-likeness (QED) is 0.849. The van der Waals surface area contributed by atoms with Crippen molar-refractivity contribution in [2.24, 2.45) is 0 Å². The van der Waals surface area contributed by atoms with Crippen LogP contribution in [-0.2, 0) is 13.1 Å². The van der Waals surface area contributed by atoms with Gasteiger partial charge in [0.05, 0.1) is 17.9 Å². The normalized spacial score (nSPS) is 10.5. The number of nitrogens with zero attached hydrogens (tertiary/aromatic N) is 3. The molecule has 2 rings (SSSR count). The summed E-state index contributed by atoms with van der Waals surface area (Å²) in [6.07, 6.45) is 3.56. The van der Waals surface area contributed by atoms with E-state index < -0.39 is 0 Å². The first-order valence-electron chi connectivity index (χ1n) is 5.57. The lowest BCUT2D eigenvalue weighted by Crippen LogP contribution is -2.08. The molecule has 0 radical (unpaired) electrons. The summed E-state index contributed by atoms with van der Waals surface area (Å²) in [5, 5.41) is 7.99. The van der Waals surface area contributed by atoms with Crippen LogP contribution in [0.4, 0.5) is 5.69 Å². The van der Waals surface area contributed by atoms with Gasteiger partial charge in [-0.2, -0.15) is 5.10 Å². The van der Waals surface area contributed by atoms with Gasteiger partial charge in [0, 0.05) is 18.9 Å². The maximum atomic E-state index is 6.01. The Hall–Kier alpha value is -1.55. The first-order chi connectivity index (χ1) is 8.20. The first-order valence-corrected chi connectivity index (χ1v) is 5.95. The van der Waals surface area contributed by atoms with E-state index in [2.05, 4.69) is 22.3 Å². The van der Waals surface area contributed by atoms with E-state index in [4.69, 9.17) is 11.6 Å². The topological polar surface area (TPSA) is 42.7 Å². The Bertz CT molecular complexity index is 507. The van der Waals surface area contributed by atoms with Crippen LogP contribution in [0.25, 0.3) is 0 Å². The fraction of sp³-hybridized carbons (Fsp3) is 0.333. The highest BCUT2D eigenvalue weighted by molar-refractivity contribution is 6.31. The highest BCUT2D eigenvalue weighted by Gasteiger charge is 2.04. The molecule has 0 aliphatic heterocycles. The van der Waals surface area contributed by atoms with Crippen molar-refractivity contribution in [3.8, 4) is 0 Å². The molecule has 0 saturated heterocycles. The number of pyridine rings is 1. The minimum absolute atomic E-state index is 0.498. The van der Waals surface area contributed by atoms with E-state index in [-0.39, 0.29) is 0 Å². The lowest BCUT2D eigenvalue weighted by atomic mass is 10.3. The van der Waals surface area contributed by atoms with Crippen molar-refractivity contribution >= 4 is 17.3 Å². The van der Waals surface area contributed by atoms with Crippen LogP contribution in [0.3, 0.4) is 0 Å². The molecule has 2 heterocycles. The molecule has 0 aliphatic rings. The van der Waals surface area contributed by atoms with Crippen LogP contribution in [-0.4, -0.2) is 14.8 Å². The molecule has 0 fully saturated rings. The lowest BCUT2D eigenvalue weighted by molar-refractivity contribution is 0.627. The first kappa shape index (κ1) is 11.9. The fourth-order valence-electron chi connectivity index (χ4n) is 1.66. The summed E-state index contributed by atoms with van der Waals surface area (Å²) in [7, 11) is 0. The standard InChI is InChI=1S/C12H15ClN4/c1-3-17-10(4-5-16-17)8-14-11-6-9(2)7-15-12(11)13/h4-7,14H,3,8H2,1-2H3. The van der Waals surface area contributed by atoms with Crippen molar-refractivity contribution in [1.29, 1.82) is 0 Å². The van der Waals surface area contributed by atoms with Gasteiger partial charge in [-0.15, -0.1) is 0 Å². The Morgan fingerprint density at radius 3 is 3.06 bits per heavy atom. The van der Waals surface area contributed by atoms with Gasteiger partial charge in [-0.1, -0.05) is 11.6 Å². The van der Waals surface area contributed by atoms with Gasteiger partial charge in [-0.05, 0) is 31.5 Å². The third-order valence-electron chi connectivity index (χ3n) is 2.54. The van der Waals surface area contributed by atoms with Crippen molar-refractivity contribution in [2.75, 3.05) is 5.32 Å². The Morgan fingerprint density at radius 1 is 1.47 bits per heavy atom. The van der Waals surface area contributed by atoms with Crippen LogP contribution in [0, 0.1) is 6.92 Å². The van der Waals surface area contributed by atoms with Crippen molar-refractivity contribution < 1.29 is 0 Å². The molecule has 2 aromatic heterocycles. The average Bonchev–Trinajstić information content (AvgIpc) is 2.77. The van der Waals surface area contributed by atoms with E-state index in [0.29, 0.717) is 11.7 Å². The summed E-state index contributed by atoms with van der Waals surface area (Å²) in [4.78, 5) is 4.10. The Kier molecular flexibility index (Phi) is 3.64. The van der Waals surface area contributed by atoms with Gasteiger partial charge in [0.15, 0.2) is 5.15 Å². The monoisotopic (exact) mass is 250 g/mol. The number of halogens is 1. The second-order valence-corrected chi connectivity index (χ2v) is 4.20.